The van der Waals surface area contributed by atoms with Crippen LogP contribution in [0.15, 0.2) is 29.0 Å². The summed E-state index contributed by atoms with van der Waals surface area (Å²) in [7, 11) is 3.67. The van der Waals surface area contributed by atoms with Gasteiger partial charge in [-0.25, -0.2) is 14.2 Å². The SMILES string of the molecule is C[C@@H]1O[C@H](C)[C@@H]2N(c3cc4onc(-c5cncc(N(C)C)n5)c4cc3CC23C(=O)NC(=O)NC3=O)C1F. The van der Waals surface area contributed by atoms with Crippen molar-refractivity contribution in [3.63, 3.8) is 0 Å². The number of urea groups is 1. The molecule has 3 aromatic rings. The molecule has 0 radical (unpaired) electrons. The van der Waals surface area contributed by atoms with Crippen molar-refractivity contribution in [1.29, 1.82) is 0 Å². The Morgan fingerprint density at radius 3 is 2.54 bits per heavy atom. The van der Waals surface area contributed by atoms with Crippen molar-refractivity contribution in [2.24, 2.45) is 5.41 Å². The molecule has 0 bridgehead atoms. The van der Waals surface area contributed by atoms with E-state index in [-0.39, 0.29) is 6.42 Å². The van der Waals surface area contributed by atoms with E-state index < -0.39 is 47.8 Å². The molecule has 12 nitrogen and oxygen atoms in total. The number of morpholine rings is 1. The Morgan fingerprint density at radius 1 is 1.11 bits per heavy atom. The lowest BCUT2D eigenvalue weighted by Crippen LogP contribution is -2.76. The van der Waals surface area contributed by atoms with Crippen LogP contribution >= 0.6 is 0 Å². The van der Waals surface area contributed by atoms with Crippen LogP contribution in [-0.4, -0.2) is 71.6 Å². The van der Waals surface area contributed by atoms with Crippen LogP contribution in [0.4, 0.5) is 20.7 Å². The van der Waals surface area contributed by atoms with Crippen molar-refractivity contribution in [3.8, 4) is 11.4 Å². The number of barbiturate groups is 1. The van der Waals surface area contributed by atoms with E-state index in [0.29, 0.717) is 39.4 Å². The first-order valence-electron chi connectivity index (χ1n) is 11.8. The Morgan fingerprint density at radius 2 is 1.84 bits per heavy atom. The van der Waals surface area contributed by atoms with Gasteiger partial charge in [0.2, 0.25) is 11.8 Å². The van der Waals surface area contributed by atoms with E-state index in [2.05, 4.69) is 25.8 Å². The fourth-order valence-electron chi connectivity index (χ4n) is 5.67. The number of carbonyl (C=O) groups excluding carboxylic acids is 3. The number of benzene rings is 1. The van der Waals surface area contributed by atoms with Crippen LogP contribution in [0, 0.1) is 5.41 Å². The van der Waals surface area contributed by atoms with Crippen molar-refractivity contribution in [3.05, 3.63) is 30.1 Å². The predicted molar refractivity (Wildman–Crippen MR) is 128 cm³/mol. The van der Waals surface area contributed by atoms with Crippen molar-refractivity contribution in [1.82, 2.24) is 25.8 Å². The van der Waals surface area contributed by atoms with Crippen molar-refractivity contribution >= 4 is 40.3 Å². The van der Waals surface area contributed by atoms with Crippen LogP contribution in [-0.2, 0) is 20.7 Å². The second-order valence-electron chi connectivity index (χ2n) is 9.82. The molecule has 4 atom stereocenters. The highest BCUT2D eigenvalue weighted by atomic mass is 19.1. The molecule has 0 aliphatic carbocycles. The van der Waals surface area contributed by atoms with Gasteiger partial charge in [0.1, 0.15) is 23.3 Å². The molecule has 2 fully saturated rings. The Balaban J connectivity index is 1.56. The van der Waals surface area contributed by atoms with Gasteiger partial charge in [0.25, 0.3) is 0 Å². The molecule has 0 saturated carbocycles. The molecule has 1 spiro atoms. The van der Waals surface area contributed by atoms with Gasteiger partial charge in [-0.1, -0.05) is 5.16 Å². The maximum absolute atomic E-state index is 15.8. The third-order valence-corrected chi connectivity index (χ3v) is 7.34. The number of hydrogen-bond donors (Lipinski definition) is 2. The van der Waals surface area contributed by atoms with E-state index >= 15 is 4.39 Å². The van der Waals surface area contributed by atoms with Gasteiger partial charge in [-0.2, -0.15) is 0 Å². The van der Waals surface area contributed by atoms with Gasteiger partial charge in [0, 0.05) is 25.8 Å². The first-order chi connectivity index (χ1) is 17.6. The monoisotopic (exact) mass is 509 g/mol. The Kier molecular flexibility index (Phi) is 4.99. The van der Waals surface area contributed by atoms with Gasteiger partial charge in [-0.15, -0.1) is 0 Å². The Bertz CT molecular complexity index is 1450. The fourth-order valence-corrected chi connectivity index (χ4v) is 5.67. The molecule has 4 amide bonds. The topological polar surface area (TPSA) is 143 Å². The predicted octanol–water partition coefficient (Wildman–Crippen LogP) is 1.54. The number of alkyl halides is 1. The summed E-state index contributed by atoms with van der Waals surface area (Å²) in [5, 5.41) is 9.16. The molecule has 3 aliphatic rings. The largest absolute Gasteiger partial charge is 0.368 e. The highest BCUT2D eigenvalue weighted by molar-refractivity contribution is 6.20. The number of anilines is 2. The summed E-state index contributed by atoms with van der Waals surface area (Å²) in [6, 6.07) is 1.46. The van der Waals surface area contributed by atoms with Gasteiger partial charge in [-0.05, 0) is 31.9 Å². The Hall–Kier alpha value is -4.13. The molecular formula is C24H24FN7O5. The normalized spacial score (nSPS) is 26.5. The zero-order valence-corrected chi connectivity index (χ0v) is 20.5. The molecule has 192 valence electrons. The van der Waals surface area contributed by atoms with E-state index in [9.17, 15) is 14.4 Å². The lowest BCUT2D eigenvalue weighted by molar-refractivity contribution is -0.159. The van der Waals surface area contributed by atoms with Crippen LogP contribution < -0.4 is 20.4 Å². The first-order valence-corrected chi connectivity index (χ1v) is 11.8. The minimum atomic E-state index is -1.81. The highest BCUT2D eigenvalue weighted by Gasteiger charge is 2.64. The molecule has 13 heteroatoms. The second kappa shape index (κ2) is 7.93. The number of nitrogens with zero attached hydrogens (tertiary/aromatic N) is 5. The number of fused-ring (bicyclic) bond motifs is 5. The number of imide groups is 2. The molecule has 2 saturated heterocycles. The van der Waals surface area contributed by atoms with Crippen LogP contribution in [0.1, 0.15) is 19.4 Å². The zero-order valence-electron chi connectivity index (χ0n) is 20.5. The highest BCUT2D eigenvalue weighted by Crippen LogP contribution is 2.50. The van der Waals surface area contributed by atoms with Crippen molar-refractivity contribution < 1.29 is 28.0 Å². The summed E-state index contributed by atoms with van der Waals surface area (Å²) in [4.78, 5) is 50.6. The molecule has 1 aromatic carbocycles. The number of hydrogen-bond acceptors (Lipinski definition) is 10. The fraction of sp³-hybridized carbons (Fsp3) is 0.417. The van der Waals surface area contributed by atoms with Crippen LogP contribution in [0.3, 0.4) is 0 Å². The third-order valence-electron chi connectivity index (χ3n) is 7.34. The second-order valence-corrected chi connectivity index (χ2v) is 9.82. The van der Waals surface area contributed by atoms with Gasteiger partial charge >= 0.3 is 6.03 Å². The summed E-state index contributed by atoms with van der Waals surface area (Å²) in [5.74, 6) is -0.978. The van der Waals surface area contributed by atoms with E-state index in [0.717, 1.165) is 0 Å². The third kappa shape index (κ3) is 3.23. The van der Waals surface area contributed by atoms with Gasteiger partial charge in [0.05, 0.1) is 29.9 Å². The molecule has 2 N–H and O–H groups in total. The molecule has 37 heavy (non-hydrogen) atoms. The summed E-state index contributed by atoms with van der Waals surface area (Å²) >= 11 is 0. The number of halogens is 1. The van der Waals surface area contributed by atoms with E-state index in [1.54, 1.807) is 43.3 Å². The van der Waals surface area contributed by atoms with E-state index in [1.807, 2.05) is 14.1 Å². The van der Waals surface area contributed by atoms with Crippen LogP contribution in [0.2, 0.25) is 0 Å². The first kappa shape index (κ1) is 23.3. The van der Waals surface area contributed by atoms with Gasteiger partial charge in [-0.3, -0.25) is 25.2 Å². The molecule has 3 aliphatic heterocycles. The molecular weight excluding hydrogens is 485 g/mol. The van der Waals surface area contributed by atoms with E-state index in [1.165, 1.54) is 4.90 Å². The lowest BCUT2D eigenvalue weighted by atomic mass is 9.66. The molecule has 2 aromatic heterocycles. The van der Waals surface area contributed by atoms with Crippen molar-refractivity contribution in [2.45, 2.75) is 44.8 Å². The minimum Gasteiger partial charge on any atom is -0.368 e. The average Bonchev–Trinajstić information content (AvgIpc) is 3.26. The average molecular weight is 509 g/mol. The zero-order chi connectivity index (χ0) is 26.2. The molecule has 5 heterocycles. The summed E-state index contributed by atoms with van der Waals surface area (Å²) < 4.78 is 27.2. The summed E-state index contributed by atoms with van der Waals surface area (Å²) in [6.45, 7) is 3.27. The lowest BCUT2D eigenvalue weighted by Gasteiger charge is -2.56. The summed E-state index contributed by atoms with van der Waals surface area (Å²) in [6.07, 6.45) is -0.134. The van der Waals surface area contributed by atoms with Gasteiger partial charge < -0.3 is 19.1 Å². The number of ether oxygens (including phenoxy) is 1. The number of aromatic nitrogens is 3. The molecule has 1 unspecified atom stereocenters. The number of carbonyl (C=O) groups is 3. The standard InChI is InChI=1S/C24H24FN7O5/c1-10-19-24(21(33)28-23(35)29-22(24)34)7-12-5-13-16(6-15(12)32(19)20(25)11(2)36-10)37-30-18(13)14-8-26-9-17(27-14)31(3)4/h5-6,8-11,19-20H,7H2,1-4H3,(H2,28,29,33,34,35)/t10-,11+,19+,20?/m1/s1. The van der Waals surface area contributed by atoms with Gasteiger partial charge in [0.15, 0.2) is 17.3 Å². The van der Waals surface area contributed by atoms with Crippen LogP contribution in [0.5, 0.6) is 0 Å². The smallest absolute Gasteiger partial charge is 0.328 e. The minimum absolute atomic E-state index is 0.0901. The van der Waals surface area contributed by atoms with Crippen molar-refractivity contribution in [2.75, 3.05) is 23.9 Å². The van der Waals surface area contributed by atoms with E-state index in [4.69, 9.17) is 9.26 Å². The number of rotatable bonds is 2. The number of nitrogens with one attached hydrogen (secondary N) is 2. The maximum atomic E-state index is 15.8. The Labute approximate surface area is 210 Å². The molecule has 6 rings (SSSR count). The summed E-state index contributed by atoms with van der Waals surface area (Å²) in [5.41, 5.74) is 0.439. The number of amides is 4. The maximum Gasteiger partial charge on any atom is 0.328 e. The quantitative estimate of drug-likeness (QED) is 0.386. The van der Waals surface area contributed by atoms with Crippen LogP contribution in [0.25, 0.3) is 22.4 Å².